The Hall–Kier alpha value is -1.42. The van der Waals surface area contributed by atoms with E-state index in [0.29, 0.717) is 22.8 Å². The fourth-order valence-electron chi connectivity index (χ4n) is 1.69. The highest BCUT2D eigenvalue weighted by Crippen LogP contribution is 2.37. The fraction of sp³-hybridized carbons (Fsp3) is 0.417. The van der Waals surface area contributed by atoms with Gasteiger partial charge in [-0.1, -0.05) is 24.9 Å². The minimum atomic E-state index is -1.05. The predicted molar refractivity (Wildman–Crippen MR) is 65.5 cm³/mol. The van der Waals surface area contributed by atoms with Crippen molar-refractivity contribution in [1.29, 1.82) is 0 Å². The number of hydrogen-bond donors (Lipinski definition) is 1. The van der Waals surface area contributed by atoms with E-state index in [-0.39, 0.29) is 11.3 Å². The summed E-state index contributed by atoms with van der Waals surface area (Å²) in [6.45, 7) is 1.95. The van der Waals surface area contributed by atoms with Crippen LogP contribution in [-0.4, -0.2) is 25.3 Å². The Morgan fingerprint density at radius 1 is 1.35 bits per heavy atom. The Kier molecular flexibility index (Phi) is 4.63. The molecule has 0 bridgehead atoms. The Bertz CT molecular complexity index is 429. The number of methoxy groups -OCH3 is 2. The quantitative estimate of drug-likeness (QED) is 0.882. The van der Waals surface area contributed by atoms with E-state index in [9.17, 15) is 9.90 Å². The van der Waals surface area contributed by atoms with E-state index in [0.717, 1.165) is 6.42 Å². The van der Waals surface area contributed by atoms with Gasteiger partial charge in [0.05, 0.1) is 19.2 Å². The molecular formula is C12H15ClO4. The molecule has 0 amide bonds. The number of aromatic carboxylic acids is 1. The van der Waals surface area contributed by atoms with Gasteiger partial charge in [0.1, 0.15) is 17.1 Å². The lowest BCUT2D eigenvalue weighted by Crippen LogP contribution is -2.07. The number of carboxylic acids is 1. The number of carboxylic acid groups (broad SMARTS) is 1. The SMILES string of the molecule is CCCc1c(Cl)c(OC)cc(OC)c1C(=O)O. The van der Waals surface area contributed by atoms with Gasteiger partial charge in [-0.25, -0.2) is 4.79 Å². The van der Waals surface area contributed by atoms with Gasteiger partial charge in [0.25, 0.3) is 0 Å². The van der Waals surface area contributed by atoms with Crippen molar-refractivity contribution in [1.82, 2.24) is 0 Å². The Morgan fingerprint density at radius 2 is 1.94 bits per heavy atom. The zero-order valence-corrected chi connectivity index (χ0v) is 10.8. The van der Waals surface area contributed by atoms with Gasteiger partial charge in [-0.05, 0) is 12.0 Å². The molecule has 0 spiro atoms. The molecule has 4 nitrogen and oxygen atoms in total. The molecular weight excluding hydrogens is 244 g/mol. The predicted octanol–water partition coefficient (Wildman–Crippen LogP) is 3.01. The third kappa shape index (κ3) is 2.64. The van der Waals surface area contributed by atoms with Crippen LogP contribution < -0.4 is 9.47 Å². The number of benzene rings is 1. The second-order valence-corrected chi connectivity index (χ2v) is 3.88. The molecule has 5 heteroatoms. The van der Waals surface area contributed by atoms with Gasteiger partial charge in [-0.15, -0.1) is 0 Å². The van der Waals surface area contributed by atoms with Gasteiger partial charge in [-0.3, -0.25) is 0 Å². The summed E-state index contributed by atoms with van der Waals surface area (Å²) in [5.41, 5.74) is 0.665. The van der Waals surface area contributed by atoms with Crippen LogP contribution in [-0.2, 0) is 6.42 Å². The van der Waals surface area contributed by atoms with E-state index in [4.69, 9.17) is 21.1 Å². The fourth-order valence-corrected chi connectivity index (χ4v) is 2.01. The molecule has 1 rings (SSSR count). The summed E-state index contributed by atoms with van der Waals surface area (Å²) in [7, 11) is 2.90. The van der Waals surface area contributed by atoms with Crippen LogP contribution in [0.1, 0.15) is 29.3 Å². The highest BCUT2D eigenvalue weighted by atomic mass is 35.5. The van der Waals surface area contributed by atoms with Crippen LogP contribution in [0, 0.1) is 0 Å². The first kappa shape index (κ1) is 13.6. The van der Waals surface area contributed by atoms with E-state index >= 15 is 0 Å². The largest absolute Gasteiger partial charge is 0.496 e. The van der Waals surface area contributed by atoms with Crippen LogP contribution >= 0.6 is 11.6 Å². The molecule has 0 unspecified atom stereocenters. The maximum absolute atomic E-state index is 11.2. The van der Waals surface area contributed by atoms with E-state index < -0.39 is 5.97 Å². The number of hydrogen-bond acceptors (Lipinski definition) is 3. The van der Waals surface area contributed by atoms with Crippen molar-refractivity contribution in [3.63, 3.8) is 0 Å². The summed E-state index contributed by atoms with van der Waals surface area (Å²) in [5.74, 6) is -0.353. The van der Waals surface area contributed by atoms with Crippen molar-refractivity contribution in [2.24, 2.45) is 0 Å². The van der Waals surface area contributed by atoms with Gasteiger partial charge in [-0.2, -0.15) is 0 Å². The molecule has 1 aromatic rings. The molecule has 1 N–H and O–H groups in total. The molecule has 0 fully saturated rings. The van der Waals surface area contributed by atoms with Crippen molar-refractivity contribution >= 4 is 17.6 Å². The number of rotatable bonds is 5. The molecule has 17 heavy (non-hydrogen) atoms. The van der Waals surface area contributed by atoms with Crippen molar-refractivity contribution < 1.29 is 19.4 Å². The van der Waals surface area contributed by atoms with Gasteiger partial charge in [0, 0.05) is 6.07 Å². The van der Waals surface area contributed by atoms with E-state index in [1.807, 2.05) is 6.92 Å². The first-order chi connectivity index (χ1) is 8.06. The zero-order chi connectivity index (χ0) is 13.0. The van der Waals surface area contributed by atoms with Crippen molar-refractivity contribution in [2.45, 2.75) is 19.8 Å². The smallest absolute Gasteiger partial charge is 0.339 e. The third-order valence-electron chi connectivity index (χ3n) is 2.45. The van der Waals surface area contributed by atoms with Crippen molar-refractivity contribution in [2.75, 3.05) is 14.2 Å². The second-order valence-electron chi connectivity index (χ2n) is 3.50. The zero-order valence-electron chi connectivity index (χ0n) is 10.0. The number of carbonyl (C=O) groups is 1. The lowest BCUT2D eigenvalue weighted by molar-refractivity contribution is 0.0692. The average Bonchev–Trinajstić information content (AvgIpc) is 2.31. The standard InChI is InChI=1S/C12H15ClO4/c1-4-5-7-10(12(14)15)8(16-2)6-9(17-3)11(7)13/h6H,4-5H2,1-3H3,(H,14,15). The molecule has 0 saturated carbocycles. The van der Waals surface area contributed by atoms with E-state index in [2.05, 4.69) is 0 Å². The van der Waals surface area contributed by atoms with E-state index in [1.54, 1.807) is 0 Å². The van der Waals surface area contributed by atoms with Gasteiger partial charge < -0.3 is 14.6 Å². The molecule has 0 aromatic heterocycles. The lowest BCUT2D eigenvalue weighted by atomic mass is 10.0. The summed E-state index contributed by atoms with van der Waals surface area (Å²) in [4.78, 5) is 11.2. The Labute approximate surface area is 105 Å². The molecule has 0 radical (unpaired) electrons. The summed E-state index contributed by atoms with van der Waals surface area (Å²) in [5, 5.41) is 9.55. The first-order valence-corrected chi connectivity index (χ1v) is 5.61. The summed E-state index contributed by atoms with van der Waals surface area (Å²) in [6.07, 6.45) is 1.35. The van der Waals surface area contributed by atoms with Gasteiger partial charge >= 0.3 is 5.97 Å². The molecule has 0 saturated heterocycles. The van der Waals surface area contributed by atoms with Crippen LogP contribution in [0.2, 0.25) is 5.02 Å². The van der Waals surface area contributed by atoms with Gasteiger partial charge in [0.2, 0.25) is 0 Å². The summed E-state index contributed by atoms with van der Waals surface area (Å²) in [6, 6.07) is 1.49. The highest BCUT2D eigenvalue weighted by molar-refractivity contribution is 6.33. The monoisotopic (exact) mass is 258 g/mol. The molecule has 0 aliphatic carbocycles. The molecule has 0 atom stereocenters. The average molecular weight is 259 g/mol. The Morgan fingerprint density at radius 3 is 2.35 bits per heavy atom. The van der Waals surface area contributed by atoms with E-state index in [1.165, 1.54) is 20.3 Å². The number of halogens is 1. The van der Waals surface area contributed by atoms with Crippen LogP contribution in [0.3, 0.4) is 0 Å². The van der Waals surface area contributed by atoms with Gasteiger partial charge in [0.15, 0.2) is 0 Å². The molecule has 0 heterocycles. The van der Waals surface area contributed by atoms with Crippen LogP contribution in [0.25, 0.3) is 0 Å². The van der Waals surface area contributed by atoms with Crippen LogP contribution in [0.5, 0.6) is 11.5 Å². The van der Waals surface area contributed by atoms with Crippen molar-refractivity contribution in [3.05, 3.63) is 22.2 Å². The summed E-state index contributed by atoms with van der Waals surface area (Å²) < 4.78 is 10.2. The molecule has 1 aromatic carbocycles. The number of ether oxygens (including phenoxy) is 2. The minimum Gasteiger partial charge on any atom is -0.496 e. The second kappa shape index (κ2) is 5.77. The first-order valence-electron chi connectivity index (χ1n) is 5.23. The Balaban J connectivity index is 3.53. The molecule has 0 aliphatic heterocycles. The van der Waals surface area contributed by atoms with Crippen LogP contribution in [0.15, 0.2) is 6.07 Å². The third-order valence-corrected chi connectivity index (χ3v) is 2.86. The maximum Gasteiger partial charge on any atom is 0.339 e. The van der Waals surface area contributed by atoms with Crippen LogP contribution in [0.4, 0.5) is 0 Å². The molecule has 0 aliphatic rings. The van der Waals surface area contributed by atoms with Crippen molar-refractivity contribution in [3.8, 4) is 11.5 Å². The summed E-state index contributed by atoms with van der Waals surface area (Å²) >= 11 is 6.12. The molecule has 94 valence electrons. The topological polar surface area (TPSA) is 55.8 Å². The minimum absolute atomic E-state index is 0.111. The normalized spacial score (nSPS) is 10.1. The highest BCUT2D eigenvalue weighted by Gasteiger charge is 2.22. The lowest BCUT2D eigenvalue weighted by Gasteiger charge is -2.15. The maximum atomic E-state index is 11.2.